The molecule has 0 radical (unpaired) electrons. The van der Waals surface area contributed by atoms with E-state index in [9.17, 15) is 9.00 Å². The molecule has 118 valence electrons. The van der Waals surface area contributed by atoms with Gasteiger partial charge < -0.3 is 0 Å². The molecule has 2 aromatic carbocycles. The van der Waals surface area contributed by atoms with Crippen LogP contribution in [0.15, 0.2) is 58.8 Å². The lowest BCUT2D eigenvalue weighted by atomic mass is 9.93. The van der Waals surface area contributed by atoms with Gasteiger partial charge >= 0.3 is 0 Å². The third-order valence-corrected chi connectivity index (χ3v) is 4.05. The summed E-state index contributed by atoms with van der Waals surface area (Å²) in [5.41, 5.74) is 2.99. The van der Waals surface area contributed by atoms with Crippen LogP contribution < -0.4 is 4.72 Å². The fraction of sp³-hybridized carbons (Fsp3) is 0.133. The van der Waals surface area contributed by atoms with Crippen LogP contribution in [0.1, 0.15) is 33.1 Å². The zero-order chi connectivity index (χ0) is 16.4. The molecule has 7 nitrogen and oxygen atoms in total. The van der Waals surface area contributed by atoms with E-state index in [1.807, 2.05) is 24.3 Å². The highest BCUT2D eigenvalue weighted by Crippen LogP contribution is 2.32. The van der Waals surface area contributed by atoms with Crippen LogP contribution in [0.5, 0.6) is 0 Å². The Morgan fingerprint density at radius 3 is 2.57 bits per heavy atom. The van der Waals surface area contributed by atoms with E-state index in [4.69, 9.17) is 9.33 Å². The molecule has 0 aromatic heterocycles. The molecule has 0 bridgehead atoms. The molecule has 3 rings (SSSR count). The van der Waals surface area contributed by atoms with Gasteiger partial charge in [0.25, 0.3) is 5.91 Å². The van der Waals surface area contributed by atoms with Gasteiger partial charge in [-0.2, -0.15) is 5.11 Å². The quantitative estimate of drug-likeness (QED) is 0.800. The number of carbonyl (C=O) groups excluding carboxylic acids is 1. The van der Waals surface area contributed by atoms with Crippen molar-refractivity contribution in [2.24, 2.45) is 10.2 Å². The number of amides is 1. The second-order valence-electron chi connectivity index (χ2n) is 5.10. The number of rotatable bonds is 4. The Morgan fingerprint density at radius 2 is 1.87 bits per heavy atom. The SMILES string of the molecule is N=S(=O)(O)NCc1ccc(C2N=NC(=O)c3ccccc32)cc1. The largest absolute Gasteiger partial charge is 0.295 e. The van der Waals surface area contributed by atoms with E-state index in [0.29, 0.717) is 5.56 Å². The molecule has 1 heterocycles. The van der Waals surface area contributed by atoms with Gasteiger partial charge in [0.05, 0.1) is 0 Å². The summed E-state index contributed by atoms with van der Waals surface area (Å²) in [6.45, 7) is 0.111. The molecule has 0 saturated carbocycles. The zero-order valence-electron chi connectivity index (χ0n) is 12.0. The van der Waals surface area contributed by atoms with E-state index >= 15 is 0 Å². The van der Waals surface area contributed by atoms with Gasteiger partial charge in [-0.1, -0.05) is 42.5 Å². The van der Waals surface area contributed by atoms with Gasteiger partial charge in [-0.3, -0.25) is 9.35 Å². The van der Waals surface area contributed by atoms with Crippen LogP contribution in [0.25, 0.3) is 0 Å². The Kier molecular flexibility index (Phi) is 4.03. The minimum atomic E-state index is -3.72. The standard InChI is InChI=1S/C15H14N4O3S/c16-23(21,22)17-9-10-5-7-11(8-6-10)14-12-3-1-2-4-13(12)15(20)19-18-14/h1-8,14H,9H2,(H3,16,17,21,22). The van der Waals surface area contributed by atoms with Crippen molar-refractivity contribution in [3.63, 3.8) is 0 Å². The Hall–Kier alpha value is -2.42. The van der Waals surface area contributed by atoms with Gasteiger partial charge in [-0.05, 0) is 22.8 Å². The monoisotopic (exact) mass is 330 g/mol. The summed E-state index contributed by atoms with van der Waals surface area (Å²) in [6.07, 6.45) is 0. The highest BCUT2D eigenvalue weighted by molar-refractivity contribution is 7.84. The fourth-order valence-corrected chi connectivity index (χ4v) is 2.76. The summed E-state index contributed by atoms with van der Waals surface area (Å²) in [7, 11) is -3.72. The van der Waals surface area contributed by atoms with E-state index in [-0.39, 0.29) is 18.5 Å². The summed E-state index contributed by atoms with van der Waals surface area (Å²) < 4.78 is 28.9. The Balaban J connectivity index is 1.85. The van der Waals surface area contributed by atoms with Crippen LogP contribution >= 0.6 is 0 Å². The molecule has 3 N–H and O–H groups in total. The molecule has 0 saturated heterocycles. The van der Waals surface area contributed by atoms with Gasteiger partial charge in [0.2, 0.25) is 10.2 Å². The lowest BCUT2D eigenvalue weighted by Gasteiger charge is -2.18. The molecule has 0 fully saturated rings. The molecule has 2 aromatic rings. The van der Waals surface area contributed by atoms with Gasteiger partial charge in [-0.25, -0.2) is 13.7 Å². The first kappa shape index (κ1) is 15.5. The number of benzene rings is 2. The van der Waals surface area contributed by atoms with Crippen LogP contribution in [0, 0.1) is 4.78 Å². The van der Waals surface area contributed by atoms with Gasteiger partial charge in [0.1, 0.15) is 6.04 Å². The number of nitrogens with zero attached hydrogens (tertiary/aromatic N) is 2. The van der Waals surface area contributed by atoms with Crippen molar-refractivity contribution in [3.8, 4) is 0 Å². The molecule has 1 amide bonds. The van der Waals surface area contributed by atoms with Crippen molar-refractivity contribution in [2.75, 3.05) is 0 Å². The summed E-state index contributed by atoms with van der Waals surface area (Å²) >= 11 is 0. The van der Waals surface area contributed by atoms with Gasteiger partial charge in [-0.15, -0.1) is 5.11 Å². The van der Waals surface area contributed by atoms with E-state index in [1.165, 1.54) is 0 Å². The maximum absolute atomic E-state index is 11.8. The minimum Gasteiger partial charge on any atom is -0.289 e. The summed E-state index contributed by atoms with van der Waals surface area (Å²) in [6, 6.07) is 14.1. The van der Waals surface area contributed by atoms with Crippen LogP contribution in [-0.4, -0.2) is 14.7 Å². The third-order valence-electron chi connectivity index (χ3n) is 3.52. The van der Waals surface area contributed by atoms with Crippen LogP contribution in [-0.2, 0) is 16.7 Å². The van der Waals surface area contributed by atoms with E-state index in [2.05, 4.69) is 15.0 Å². The second-order valence-corrected chi connectivity index (χ2v) is 6.44. The first-order valence-electron chi connectivity index (χ1n) is 6.83. The molecule has 8 heteroatoms. The zero-order valence-corrected chi connectivity index (χ0v) is 12.8. The molecular formula is C15H14N4O3S. The molecule has 2 atom stereocenters. The molecule has 1 aliphatic rings. The maximum Gasteiger partial charge on any atom is 0.295 e. The topological polar surface area (TPSA) is 115 Å². The average Bonchev–Trinajstić information content (AvgIpc) is 2.54. The highest BCUT2D eigenvalue weighted by Gasteiger charge is 2.24. The number of nitrogens with one attached hydrogen (secondary N) is 2. The number of hydrogen-bond acceptors (Lipinski definition) is 4. The predicted molar refractivity (Wildman–Crippen MR) is 84.2 cm³/mol. The number of carbonyl (C=O) groups is 1. The van der Waals surface area contributed by atoms with Crippen molar-refractivity contribution in [3.05, 3.63) is 70.8 Å². The lowest BCUT2D eigenvalue weighted by molar-refractivity contribution is 0.0986. The Labute approximate surface area is 133 Å². The molecule has 0 spiro atoms. The summed E-state index contributed by atoms with van der Waals surface area (Å²) in [5, 5.41) is 7.78. The molecule has 1 aliphatic heterocycles. The van der Waals surface area contributed by atoms with E-state index < -0.39 is 10.2 Å². The second kappa shape index (κ2) is 5.99. The summed E-state index contributed by atoms with van der Waals surface area (Å²) in [5.74, 6) is -0.342. The molecule has 23 heavy (non-hydrogen) atoms. The maximum atomic E-state index is 11.8. The van der Waals surface area contributed by atoms with Crippen LogP contribution in [0.2, 0.25) is 0 Å². The fourth-order valence-electron chi connectivity index (χ4n) is 2.40. The highest BCUT2D eigenvalue weighted by atomic mass is 32.2. The van der Waals surface area contributed by atoms with Gasteiger partial charge in [0.15, 0.2) is 0 Å². The van der Waals surface area contributed by atoms with Crippen molar-refractivity contribution >= 4 is 16.1 Å². The normalized spacial score (nSPS) is 19.2. The lowest BCUT2D eigenvalue weighted by Crippen LogP contribution is -2.20. The average molecular weight is 330 g/mol. The van der Waals surface area contributed by atoms with Crippen LogP contribution in [0.3, 0.4) is 0 Å². The van der Waals surface area contributed by atoms with Crippen molar-refractivity contribution < 1.29 is 13.6 Å². The van der Waals surface area contributed by atoms with Crippen molar-refractivity contribution in [1.29, 1.82) is 4.78 Å². The minimum absolute atomic E-state index is 0.111. The van der Waals surface area contributed by atoms with Crippen molar-refractivity contribution in [1.82, 2.24) is 4.72 Å². The predicted octanol–water partition coefficient (Wildman–Crippen LogP) is 2.91. The molecule has 2 unspecified atom stereocenters. The number of azo groups is 1. The van der Waals surface area contributed by atoms with Crippen molar-refractivity contribution in [2.45, 2.75) is 12.6 Å². The van der Waals surface area contributed by atoms with E-state index in [1.54, 1.807) is 24.3 Å². The molecular weight excluding hydrogens is 316 g/mol. The smallest absolute Gasteiger partial charge is 0.289 e. The van der Waals surface area contributed by atoms with Crippen LogP contribution in [0.4, 0.5) is 0 Å². The summed E-state index contributed by atoms with van der Waals surface area (Å²) in [4.78, 5) is 11.8. The van der Waals surface area contributed by atoms with E-state index in [0.717, 1.165) is 16.7 Å². The first-order valence-corrected chi connectivity index (χ1v) is 8.34. The Bertz CT molecular complexity index is 876. The number of fused-ring (bicyclic) bond motifs is 1. The third kappa shape index (κ3) is 3.50. The number of hydrogen-bond donors (Lipinski definition) is 3. The molecule has 0 aliphatic carbocycles. The first-order chi connectivity index (χ1) is 10.9. The van der Waals surface area contributed by atoms with Gasteiger partial charge in [0, 0.05) is 12.1 Å². The Morgan fingerprint density at radius 1 is 1.17 bits per heavy atom.